The van der Waals surface area contributed by atoms with Crippen LogP contribution in [0.15, 0.2) is 39.7 Å². The van der Waals surface area contributed by atoms with Crippen LogP contribution in [0.2, 0.25) is 0 Å². The molecule has 2 aromatic rings. The molecule has 0 spiro atoms. The summed E-state index contributed by atoms with van der Waals surface area (Å²) in [5, 5.41) is 0. The van der Waals surface area contributed by atoms with Gasteiger partial charge in [-0.1, -0.05) is 12.1 Å². The fourth-order valence-corrected chi connectivity index (χ4v) is 4.57. The second-order valence-electron chi connectivity index (χ2n) is 5.93. The summed E-state index contributed by atoms with van der Waals surface area (Å²) in [5.41, 5.74) is 4.40. The van der Waals surface area contributed by atoms with Crippen molar-refractivity contribution < 1.29 is 13.2 Å². The third-order valence-corrected chi connectivity index (χ3v) is 6.27. The number of benzene rings is 2. The molecule has 1 unspecified atom stereocenters. The first kappa shape index (κ1) is 19.0. The van der Waals surface area contributed by atoms with E-state index in [2.05, 4.69) is 33.6 Å². The van der Waals surface area contributed by atoms with Crippen LogP contribution in [0.4, 0.5) is 0 Å². The van der Waals surface area contributed by atoms with Crippen LogP contribution in [0.25, 0.3) is 0 Å². The Kier molecular flexibility index (Phi) is 5.73. The minimum Gasteiger partial charge on any atom is -0.496 e. The van der Waals surface area contributed by atoms with Crippen molar-refractivity contribution in [3.63, 3.8) is 0 Å². The molecule has 0 saturated carbocycles. The summed E-state index contributed by atoms with van der Waals surface area (Å²) in [6, 6.07) is 8.51. The monoisotopic (exact) mass is 411 g/mol. The topological polar surface area (TPSA) is 55.4 Å². The lowest BCUT2D eigenvalue weighted by Crippen LogP contribution is -2.27. The number of rotatable bonds is 5. The van der Waals surface area contributed by atoms with Crippen LogP contribution >= 0.6 is 15.9 Å². The molecule has 1 atom stereocenters. The number of sulfonamides is 1. The van der Waals surface area contributed by atoms with Crippen molar-refractivity contribution >= 4 is 26.0 Å². The minimum absolute atomic E-state index is 0.198. The molecule has 0 radical (unpaired) electrons. The van der Waals surface area contributed by atoms with Gasteiger partial charge >= 0.3 is 0 Å². The highest BCUT2D eigenvalue weighted by Crippen LogP contribution is 2.29. The van der Waals surface area contributed by atoms with Crippen molar-refractivity contribution in [2.75, 3.05) is 7.11 Å². The van der Waals surface area contributed by atoms with Crippen molar-refractivity contribution in [2.45, 2.75) is 38.6 Å². The zero-order valence-electron chi connectivity index (χ0n) is 14.5. The number of methoxy groups -OCH3 is 1. The lowest BCUT2D eigenvalue weighted by Gasteiger charge is -2.19. The second kappa shape index (κ2) is 7.25. The largest absolute Gasteiger partial charge is 0.496 e. The first-order valence-corrected chi connectivity index (χ1v) is 9.87. The third kappa shape index (κ3) is 3.99. The predicted molar refractivity (Wildman–Crippen MR) is 100 cm³/mol. The Bertz CT molecular complexity index is 863. The van der Waals surface area contributed by atoms with Crippen molar-refractivity contribution in [1.82, 2.24) is 4.72 Å². The van der Waals surface area contributed by atoms with Crippen LogP contribution in [0, 0.1) is 20.8 Å². The SMILES string of the molecule is COc1ccc(S(=O)(=O)NC(C)c2cc(C)c(C)cc2C)cc1Br. The molecule has 0 heterocycles. The Labute approximate surface area is 152 Å². The summed E-state index contributed by atoms with van der Waals surface area (Å²) < 4.78 is 33.8. The maximum atomic E-state index is 12.7. The number of halogens is 1. The van der Waals surface area contributed by atoms with E-state index in [4.69, 9.17) is 4.74 Å². The van der Waals surface area contributed by atoms with Gasteiger partial charge < -0.3 is 4.74 Å². The molecule has 2 rings (SSSR count). The molecule has 130 valence electrons. The van der Waals surface area contributed by atoms with E-state index in [0.717, 1.165) is 16.7 Å². The molecule has 0 saturated heterocycles. The highest BCUT2D eigenvalue weighted by atomic mass is 79.9. The molecule has 0 aliphatic rings. The average Bonchev–Trinajstić information content (AvgIpc) is 2.50. The molecule has 0 bridgehead atoms. The van der Waals surface area contributed by atoms with Crippen LogP contribution in [0.5, 0.6) is 5.75 Å². The van der Waals surface area contributed by atoms with E-state index in [1.54, 1.807) is 12.1 Å². The zero-order chi connectivity index (χ0) is 18.1. The Morgan fingerprint density at radius 1 is 1.04 bits per heavy atom. The van der Waals surface area contributed by atoms with Gasteiger partial charge in [-0.25, -0.2) is 13.1 Å². The highest BCUT2D eigenvalue weighted by molar-refractivity contribution is 9.10. The smallest absolute Gasteiger partial charge is 0.241 e. The van der Waals surface area contributed by atoms with Gasteiger partial charge in [-0.2, -0.15) is 0 Å². The maximum absolute atomic E-state index is 12.7. The fourth-order valence-electron chi connectivity index (χ4n) is 2.63. The second-order valence-corrected chi connectivity index (χ2v) is 8.50. The summed E-state index contributed by atoms with van der Waals surface area (Å²) in [6.07, 6.45) is 0. The molecule has 2 aromatic carbocycles. The van der Waals surface area contributed by atoms with Crippen LogP contribution in [-0.4, -0.2) is 15.5 Å². The van der Waals surface area contributed by atoms with Gasteiger partial charge in [0, 0.05) is 6.04 Å². The maximum Gasteiger partial charge on any atom is 0.241 e. The van der Waals surface area contributed by atoms with E-state index in [0.29, 0.717) is 10.2 Å². The fraction of sp³-hybridized carbons (Fsp3) is 0.333. The first-order valence-electron chi connectivity index (χ1n) is 7.59. The van der Waals surface area contributed by atoms with E-state index in [1.807, 2.05) is 26.8 Å². The van der Waals surface area contributed by atoms with Gasteiger partial charge in [0.25, 0.3) is 0 Å². The van der Waals surface area contributed by atoms with Gasteiger partial charge in [0.1, 0.15) is 5.75 Å². The van der Waals surface area contributed by atoms with Crippen LogP contribution in [-0.2, 0) is 10.0 Å². The lowest BCUT2D eigenvalue weighted by molar-refractivity contribution is 0.411. The number of nitrogens with one attached hydrogen (secondary N) is 1. The van der Waals surface area contributed by atoms with Crippen LogP contribution in [0.1, 0.15) is 35.2 Å². The third-order valence-electron chi connectivity index (χ3n) is 4.11. The van der Waals surface area contributed by atoms with E-state index in [1.165, 1.54) is 18.7 Å². The van der Waals surface area contributed by atoms with Crippen molar-refractivity contribution in [2.24, 2.45) is 0 Å². The molecule has 0 aliphatic carbocycles. The van der Waals surface area contributed by atoms with Crippen molar-refractivity contribution in [3.8, 4) is 5.75 Å². The lowest BCUT2D eigenvalue weighted by atomic mass is 9.97. The minimum atomic E-state index is -3.63. The summed E-state index contributed by atoms with van der Waals surface area (Å²) in [7, 11) is -2.09. The Morgan fingerprint density at radius 2 is 1.67 bits per heavy atom. The molecule has 6 heteroatoms. The summed E-state index contributed by atoms with van der Waals surface area (Å²) in [6.45, 7) is 7.93. The molecule has 0 fully saturated rings. The van der Waals surface area contributed by atoms with Gasteiger partial charge in [-0.05, 0) is 84.1 Å². The molecule has 0 amide bonds. The number of aryl methyl sites for hydroxylation is 3. The van der Waals surface area contributed by atoms with Crippen molar-refractivity contribution in [1.29, 1.82) is 0 Å². The standard InChI is InChI=1S/C18H22BrNO3S/c1-11-8-13(3)16(9-12(11)2)14(4)20-24(21,22)15-6-7-18(23-5)17(19)10-15/h6-10,14,20H,1-5H3. The molecule has 0 aromatic heterocycles. The number of hydrogen-bond donors (Lipinski definition) is 1. The highest BCUT2D eigenvalue weighted by Gasteiger charge is 2.21. The quantitative estimate of drug-likeness (QED) is 0.791. The van der Waals surface area contributed by atoms with E-state index >= 15 is 0 Å². The number of hydrogen-bond acceptors (Lipinski definition) is 3. The predicted octanol–water partition coefficient (Wildman–Crippen LogP) is 4.42. The molecule has 4 nitrogen and oxygen atoms in total. The normalized spacial score (nSPS) is 12.9. The molecular formula is C18H22BrNO3S. The van der Waals surface area contributed by atoms with Crippen LogP contribution < -0.4 is 9.46 Å². The van der Waals surface area contributed by atoms with E-state index in [9.17, 15) is 8.42 Å². The van der Waals surface area contributed by atoms with Crippen molar-refractivity contribution in [3.05, 3.63) is 57.1 Å². The summed E-state index contributed by atoms with van der Waals surface area (Å²) in [4.78, 5) is 0.198. The number of ether oxygens (including phenoxy) is 1. The van der Waals surface area contributed by atoms with E-state index < -0.39 is 10.0 Å². The van der Waals surface area contributed by atoms with Gasteiger partial charge in [-0.15, -0.1) is 0 Å². The van der Waals surface area contributed by atoms with Gasteiger partial charge in [0.05, 0.1) is 16.5 Å². The Hall–Kier alpha value is -1.37. The van der Waals surface area contributed by atoms with Crippen LogP contribution in [0.3, 0.4) is 0 Å². The Morgan fingerprint density at radius 3 is 2.25 bits per heavy atom. The molecule has 0 aliphatic heterocycles. The molecule has 24 heavy (non-hydrogen) atoms. The zero-order valence-corrected chi connectivity index (χ0v) is 16.9. The van der Waals surface area contributed by atoms with E-state index in [-0.39, 0.29) is 10.9 Å². The average molecular weight is 412 g/mol. The first-order chi connectivity index (χ1) is 11.2. The van der Waals surface area contributed by atoms with Gasteiger partial charge in [0.15, 0.2) is 0 Å². The summed E-state index contributed by atoms with van der Waals surface area (Å²) >= 11 is 3.32. The van der Waals surface area contributed by atoms with Gasteiger partial charge in [0.2, 0.25) is 10.0 Å². The molecule has 1 N–H and O–H groups in total. The summed E-state index contributed by atoms with van der Waals surface area (Å²) in [5.74, 6) is 0.590. The van der Waals surface area contributed by atoms with Gasteiger partial charge in [-0.3, -0.25) is 0 Å². The Balaban J connectivity index is 2.32. The molecular weight excluding hydrogens is 390 g/mol.